The molecule has 190 valence electrons. The Hall–Kier alpha value is -2.87. The Kier molecular flexibility index (Phi) is 9.72. The minimum atomic E-state index is -3.70. The lowest BCUT2D eigenvalue weighted by Gasteiger charge is -2.34. The summed E-state index contributed by atoms with van der Waals surface area (Å²) in [6.45, 7) is 1.86. The van der Waals surface area contributed by atoms with Gasteiger partial charge in [-0.05, 0) is 43.4 Å². The molecule has 0 spiro atoms. The van der Waals surface area contributed by atoms with Crippen molar-refractivity contribution in [3.8, 4) is 0 Å². The van der Waals surface area contributed by atoms with Crippen LogP contribution in [0.5, 0.6) is 0 Å². The average Bonchev–Trinajstić information content (AvgIpc) is 2.86. The Morgan fingerprint density at radius 1 is 0.971 bits per heavy atom. The Morgan fingerprint density at radius 3 is 2.14 bits per heavy atom. The number of sulfonamides is 1. The molecule has 1 aliphatic rings. The lowest BCUT2D eigenvalue weighted by molar-refractivity contribution is -0.140. The van der Waals surface area contributed by atoms with E-state index in [4.69, 9.17) is 0 Å². The molecule has 7 nitrogen and oxygen atoms in total. The fourth-order valence-electron chi connectivity index (χ4n) is 4.65. The fourth-order valence-corrected chi connectivity index (χ4v) is 5.50. The van der Waals surface area contributed by atoms with Crippen molar-refractivity contribution in [3.05, 3.63) is 66.2 Å². The van der Waals surface area contributed by atoms with Gasteiger partial charge in [0.1, 0.15) is 12.6 Å². The number of anilines is 1. The molecule has 2 amide bonds. The van der Waals surface area contributed by atoms with Crippen LogP contribution in [0.4, 0.5) is 5.69 Å². The van der Waals surface area contributed by atoms with Crippen LogP contribution in [0.15, 0.2) is 60.7 Å². The van der Waals surface area contributed by atoms with E-state index in [1.807, 2.05) is 37.3 Å². The summed E-state index contributed by atoms with van der Waals surface area (Å²) in [6.07, 6.45) is 7.40. The quantitative estimate of drug-likeness (QED) is 0.510. The average molecular weight is 500 g/mol. The number of carbonyl (C=O) groups excluding carboxylic acids is 2. The van der Waals surface area contributed by atoms with Crippen LogP contribution in [0.2, 0.25) is 0 Å². The third-order valence-corrected chi connectivity index (χ3v) is 7.69. The lowest BCUT2D eigenvalue weighted by Crippen LogP contribution is -2.54. The molecule has 0 radical (unpaired) electrons. The molecule has 1 saturated carbocycles. The van der Waals surface area contributed by atoms with E-state index in [0.29, 0.717) is 25.1 Å². The van der Waals surface area contributed by atoms with Crippen molar-refractivity contribution >= 4 is 27.5 Å². The smallest absolute Gasteiger partial charge is 0.244 e. The highest BCUT2D eigenvalue weighted by Gasteiger charge is 2.32. The van der Waals surface area contributed by atoms with E-state index in [0.717, 1.165) is 41.8 Å². The van der Waals surface area contributed by atoms with E-state index in [-0.39, 0.29) is 24.4 Å². The Morgan fingerprint density at radius 2 is 1.57 bits per heavy atom. The van der Waals surface area contributed by atoms with Crippen molar-refractivity contribution in [1.82, 2.24) is 10.2 Å². The number of hydrogen-bond donors (Lipinski definition) is 1. The molecule has 0 bridgehead atoms. The van der Waals surface area contributed by atoms with Gasteiger partial charge in [0, 0.05) is 12.6 Å². The summed E-state index contributed by atoms with van der Waals surface area (Å²) >= 11 is 0. The first-order valence-electron chi connectivity index (χ1n) is 12.5. The minimum Gasteiger partial charge on any atom is -0.352 e. The van der Waals surface area contributed by atoms with Gasteiger partial charge in [-0.2, -0.15) is 0 Å². The van der Waals surface area contributed by atoms with Gasteiger partial charge in [-0.25, -0.2) is 8.42 Å². The van der Waals surface area contributed by atoms with Gasteiger partial charge < -0.3 is 10.2 Å². The molecule has 0 aliphatic heterocycles. The normalized spacial score (nSPS) is 15.3. The fraction of sp³-hybridized carbons (Fsp3) is 0.481. The number of rotatable bonds is 11. The summed E-state index contributed by atoms with van der Waals surface area (Å²) in [5.41, 5.74) is 1.47. The van der Waals surface area contributed by atoms with Crippen molar-refractivity contribution in [3.63, 3.8) is 0 Å². The zero-order valence-electron chi connectivity index (χ0n) is 20.7. The summed E-state index contributed by atoms with van der Waals surface area (Å²) in [6, 6.07) is 17.8. The Bertz CT molecular complexity index is 1050. The van der Waals surface area contributed by atoms with E-state index in [9.17, 15) is 18.0 Å². The number of carbonyl (C=O) groups is 2. The van der Waals surface area contributed by atoms with Gasteiger partial charge in [-0.3, -0.25) is 13.9 Å². The van der Waals surface area contributed by atoms with Gasteiger partial charge in [0.25, 0.3) is 0 Å². The summed E-state index contributed by atoms with van der Waals surface area (Å²) in [4.78, 5) is 28.5. The largest absolute Gasteiger partial charge is 0.352 e. The molecule has 1 atom stereocenters. The summed E-state index contributed by atoms with van der Waals surface area (Å²) in [7, 11) is -3.70. The van der Waals surface area contributed by atoms with E-state index in [1.54, 1.807) is 35.2 Å². The SMILES string of the molecule is CCC(C(=O)NC1CCCCC1)N(CCc1ccccc1)C(=O)CN(c1ccccc1)S(C)(=O)=O. The molecule has 35 heavy (non-hydrogen) atoms. The van der Waals surface area contributed by atoms with Crippen molar-refractivity contribution in [1.29, 1.82) is 0 Å². The van der Waals surface area contributed by atoms with Crippen LogP contribution in [0.1, 0.15) is 51.0 Å². The summed E-state index contributed by atoms with van der Waals surface area (Å²) < 4.78 is 26.3. The standard InChI is InChI=1S/C27H37N3O4S/c1-3-25(27(32)28-23-15-9-5-10-16-23)29(20-19-22-13-7-4-8-14-22)26(31)21-30(35(2,33)34)24-17-11-6-12-18-24/h4,6-8,11-14,17-18,23,25H,3,5,9-10,15-16,19-21H2,1-2H3,(H,28,32). The van der Waals surface area contributed by atoms with E-state index in [2.05, 4.69) is 5.32 Å². The minimum absolute atomic E-state index is 0.133. The molecule has 2 aromatic rings. The molecule has 1 aliphatic carbocycles. The number of nitrogens with one attached hydrogen (secondary N) is 1. The van der Waals surface area contributed by atoms with Gasteiger partial charge >= 0.3 is 0 Å². The van der Waals surface area contributed by atoms with E-state index in [1.165, 1.54) is 6.42 Å². The van der Waals surface area contributed by atoms with Crippen molar-refractivity contribution < 1.29 is 18.0 Å². The number of nitrogens with zero attached hydrogens (tertiary/aromatic N) is 2. The second-order valence-electron chi connectivity index (χ2n) is 9.20. The first kappa shape index (κ1) is 26.7. The predicted molar refractivity (Wildman–Crippen MR) is 140 cm³/mol. The molecular weight excluding hydrogens is 462 g/mol. The van der Waals surface area contributed by atoms with Gasteiger partial charge in [0.15, 0.2) is 0 Å². The molecule has 0 saturated heterocycles. The van der Waals surface area contributed by atoms with Crippen LogP contribution >= 0.6 is 0 Å². The number of para-hydroxylation sites is 1. The Balaban J connectivity index is 1.83. The van der Waals surface area contributed by atoms with Crippen molar-refractivity contribution in [2.75, 3.05) is 23.7 Å². The molecular formula is C27H37N3O4S. The molecule has 1 N–H and O–H groups in total. The molecule has 1 unspecified atom stereocenters. The van der Waals surface area contributed by atoms with E-state index < -0.39 is 16.1 Å². The van der Waals surface area contributed by atoms with Crippen LogP contribution < -0.4 is 9.62 Å². The molecule has 2 aromatic carbocycles. The third-order valence-electron chi connectivity index (χ3n) is 6.55. The predicted octanol–water partition coefficient (Wildman–Crippen LogP) is 3.75. The van der Waals surface area contributed by atoms with Gasteiger partial charge in [-0.1, -0.05) is 74.7 Å². The second-order valence-corrected chi connectivity index (χ2v) is 11.1. The van der Waals surface area contributed by atoms with Crippen LogP contribution in [0.3, 0.4) is 0 Å². The third kappa shape index (κ3) is 7.82. The van der Waals surface area contributed by atoms with E-state index >= 15 is 0 Å². The first-order chi connectivity index (χ1) is 16.8. The highest BCUT2D eigenvalue weighted by Crippen LogP contribution is 2.20. The maximum Gasteiger partial charge on any atom is 0.244 e. The van der Waals surface area contributed by atoms with Crippen LogP contribution in [-0.2, 0) is 26.0 Å². The highest BCUT2D eigenvalue weighted by molar-refractivity contribution is 7.92. The highest BCUT2D eigenvalue weighted by atomic mass is 32.2. The second kappa shape index (κ2) is 12.7. The maximum absolute atomic E-state index is 13.6. The molecule has 1 fully saturated rings. The molecule has 3 rings (SSSR count). The van der Waals surface area contributed by atoms with Crippen molar-refractivity contribution in [2.24, 2.45) is 0 Å². The maximum atomic E-state index is 13.6. The Labute approximate surface area is 209 Å². The lowest BCUT2D eigenvalue weighted by atomic mass is 9.95. The number of benzene rings is 2. The van der Waals surface area contributed by atoms with Crippen LogP contribution in [0, 0.1) is 0 Å². The van der Waals surface area contributed by atoms with Crippen LogP contribution in [0.25, 0.3) is 0 Å². The zero-order valence-corrected chi connectivity index (χ0v) is 21.5. The first-order valence-corrected chi connectivity index (χ1v) is 14.3. The van der Waals surface area contributed by atoms with Gasteiger partial charge in [0.05, 0.1) is 11.9 Å². The van der Waals surface area contributed by atoms with Gasteiger partial charge in [-0.15, -0.1) is 0 Å². The summed E-state index contributed by atoms with van der Waals surface area (Å²) in [5.74, 6) is -0.549. The summed E-state index contributed by atoms with van der Waals surface area (Å²) in [5, 5.41) is 3.15. The van der Waals surface area contributed by atoms with Crippen molar-refractivity contribution in [2.45, 2.75) is 64.0 Å². The van der Waals surface area contributed by atoms with Crippen LogP contribution in [-0.4, -0.2) is 56.6 Å². The monoisotopic (exact) mass is 499 g/mol. The number of hydrogen-bond acceptors (Lipinski definition) is 4. The molecule has 8 heteroatoms. The number of amides is 2. The zero-order chi connectivity index (χ0) is 25.3. The van der Waals surface area contributed by atoms with Gasteiger partial charge in [0.2, 0.25) is 21.8 Å². The molecule has 0 heterocycles. The topological polar surface area (TPSA) is 86.8 Å². The molecule has 0 aromatic heterocycles.